The van der Waals surface area contributed by atoms with Crippen LogP contribution in [0.5, 0.6) is 0 Å². The highest BCUT2D eigenvalue weighted by molar-refractivity contribution is 5.90. The SMILES string of the molecule is N#CC1(c2ccc(-c3ccc(N4C[C@H](CNC(=O)C(F)F)OC4=O)cc3F)cn2)C2CNCC21. The number of amides is 2. The van der Waals surface area contributed by atoms with Gasteiger partial charge in [0, 0.05) is 42.2 Å². The molecular formula is C23H20F3N5O3. The van der Waals surface area contributed by atoms with Crippen LogP contribution in [-0.2, 0) is 14.9 Å². The monoisotopic (exact) mass is 471 g/mol. The van der Waals surface area contributed by atoms with Gasteiger partial charge >= 0.3 is 12.5 Å². The Morgan fingerprint density at radius 2 is 2.09 bits per heavy atom. The number of anilines is 1. The molecule has 3 heterocycles. The van der Waals surface area contributed by atoms with Crippen molar-refractivity contribution < 1.29 is 27.5 Å². The van der Waals surface area contributed by atoms with Gasteiger partial charge in [-0.05, 0) is 24.3 Å². The first-order valence-corrected chi connectivity index (χ1v) is 10.8. The number of nitrogens with zero attached hydrogens (tertiary/aromatic N) is 3. The minimum atomic E-state index is -3.16. The Kier molecular flexibility index (Phi) is 5.40. The summed E-state index contributed by atoms with van der Waals surface area (Å²) in [6, 6.07) is 10.1. The van der Waals surface area contributed by atoms with E-state index in [4.69, 9.17) is 4.74 Å². The Morgan fingerprint density at radius 1 is 1.32 bits per heavy atom. The molecule has 3 aliphatic rings. The van der Waals surface area contributed by atoms with E-state index in [1.54, 1.807) is 24.4 Å². The summed E-state index contributed by atoms with van der Waals surface area (Å²) in [7, 11) is 0. The summed E-state index contributed by atoms with van der Waals surface area (Å²) < 4.78 is 44.6. The van der Waals surface area contributed by atoms with Crippen LogP contribution in [0.2, 0.25) is 0 Å². The largest absolute Gasteiger partial charge is 0.442 e. The van der Waals surface area contributed by atoms with Crippen LogP contribution in [0.15, 0.2) is 36.5 Å². The molecule has 0 bridgehead atoms. The number of alkyl halides is 2. The van der Waals surface area contributed by atoms with E-state index in [0.29, 0.717) is 11.3 Å². The molecule has 8 nitrogen and oxygen atoms in total. The fraction of sp³-hybridized carbons (Fsp3) is 0.391. The molecule has 3 atom stereocenters. The highest BCUT2D eigenvalue weighted by Gasteiger charge is 2.69. The fourth-order valence-corrected chi connectivity index (χ4v) is 4.98. The predicted octanol–water partition coefficient (Wildman–Crippen LogP) is 2.20. The van der Waals surface area contributed by atoms with E-state index in [2.05, 4.69) is 16.4 Å². The van der Waals surface area contributed by atoms with Crippen LogP contribution in [0.3, 0.4) is 0 Å². The van der Waals surface area contributed by atoms with Gasteiger partial charge in [0.2, 0.25) is 0 Å². The van der Waals surface area contributed by atoms with Gasteiger partial charge < -0.3 is 15.4 Å². The summed E-state index contributed by atoms with van der Waals surface area (Å²) in [4.78, 5) is 28.8. The molecule has 2 N–H and O–H groups in total. The number of piperidine rings is 1. The third kappa shape index (κ3) is 3.54. The van der Waals surface area contributed by atoms with E-state index in [-0.39, 0.29) is 36.2 Å². The van der Waals surface area contributed by atoms with Crippen LogP contribution in [0.1, 0.15) is 5.69 Å². The average Bonchev–Trinajstić information content (AvgIpc) is 3.12. The number of carbonyl (C=O) groups is 2. The third-order valence-electron chi connectivity index (χ3n) is 6.80. The first-order valence-electron chi connectivity index (χ1n) is 10.8. The molecule has 2 unspecified atom stereocenters. The lowest BCUT2D eigenvalue weighted by Crippen LogP contribution is -2.37. The number of halogens is 3. The number of carbonyl (C=O) groups excluding carboxylic acids is 2. The third-order valence-corrected chi connectivity index (χ3v) is 6.80. The van der Waals surface area contributed by atoms with Crippen LogP contribution in [0, 0.1) is 29.0 Å². The lowest BCUT2D eigenvalue weighted by molar-refractivity contribution is -0.132. The molecule has 2 saturated heterocycles. The van der Waals surface area contributed by atoms with Crippen molar-refractivity contribution in [2.75, 3.05) is 31.1 Å². The Balaban J connectivity index is 1.28. The van der Waals surface area contributed by atoms with Crippen molar-refractivity contribution >= 4 is 17.7 Å². The van der Waals surface area contributed by atoms with Gasteiger partial charge in [-0.1, -0.05) is 6.07 Å². The molecule has 0 radical (unpaired) electrons. The highest BCUT2D eigenvalue weighted by atomic mass is 19.3. The van der Waals surface area contributed by atoms with Gasteiger partial charge in [-0.15, -0.1) is 0 Å². The number of nitriles is 1. The van der Waals surface area contributed by atoms with Crippen molar-refractivity contribution in [2.24, 2.45) is 11.8 Å². The molecule has 3 fully saturated rings. The maximum Gasteiger partial charge on any atom is 0.414 e. The number of rotatable bonds is 6. The topological polar surface area (TPSA) is 107 Å². The van der Waals surface area contributed by atoms with E-state index in [1.165, 1.54) is 17.0 Å². The average molecular weight is 471 g/mol. The molecule has 1 aromatic carbocycles. The normalized spacial score (nSPS) is 27.3. The number of nitrogens with one attached hydrogen (secondary N) is 2. The van der Waals surface area contributed by atoms with Crippen molar-refractivity contribution in [1.82, 2.24) is 15.6 Å². The maximum absolute atomic E-state index is 14.9. The summed E-state index contributed by atoms with van der Waals surface area (Å²) in [6.07, 6.45) is -3.22. The van der Waals surface area contributed by atoms with Gasteiger partial charge in [0.15, 0.2) is 0 Å². The maximum atomic E-state index is 14.9. The number of hydrogen-bond donors (Lipinski definition) is 2. The molecule has 34 heavy (non-hydrogen) atoms. The van der Waals surface area contributed by atoms with Crippen molar-refractivity contribution in [2.45, 2.75) is 17.9 Å². The molecule has 5 rings (SSSR count). The first kappa shape index (κ1) is 22.2. The number of aromatic nitrogens is 1. The number of benzene rings is 1. The summed E-state index contributed by atoms with van der Waals surface area (Å²) in [5.41, 5.74) is 1.16. The van der Waals surface area contributed by atoms with Crippen LogP contribution in [0.25, 0.3) is 11.1 Å². The molecule has 1 saturated carbocycles. The summed E-state index contributed by atoms with van der Waals surface area (Å²) in [5, 5.41) is 15.0. The zero-order chi connectivity index (χ0) is 24.0. The Labute approximate surface area is 192 Å². The van der Waals surface area contributed by atoms with E-state index < -0.39 is 35.8 Å². The van der Waals surface area contributed by atoms with Gasteiger partial charge in [0.25, 0.3) is 5.91 Å². The summed E-state index contributed by atoms with van der Waals surface area (Å²) in [5.74, 6) is -1.54. The summed E-state index contributed by atoms with van der Waals surface area (Å²) >= 11 is 0. The Hall–Kier alpha value is -3.65. The van der Waals surface area contributed by atoms with E-state index >= 15 is 0 Å². The van der Waals surface area contributed by atoms with Crippen molar-refractivity contribution in [3.63, 3.8) is 0 Å². The van der Waals surface area contributed by atoms with Crippen LogP contribution >= 0.6 is 0 Å². The smallest absolute Gasteiger partial charge is 0.414 e. The van der Waals surface area contributed by atoms with Gasteiger partial charge in [0.1, 0.15) is 17.3 Å². The van der Waals surface area contributed by atoms with E-state index in [0.717, 1.165) is 13.1 Å². The Bertz CT molecular complexity index is 1170. The zero-order valence-corrected chi connectivity index (χ0v) is 17.8. The lowest BCUT2D eigenvalue weighted by Gasteiger charge is -2.15. The molecule has 11 heteroatoms. The minimum Gasteiger partial charge on any atom is -0.442 e. The van der Waals surface area contributed by atoms with Gasteiger partial charge in [-0.3, -0.25) is 14.7 Å². The van der Waals surface area contributed by atoms with Crippen molar-refractivity contribution in [1.29, 1.82) is 5.26 Å². The molecule has 1 aliphatic carbocycles. The molecule has 0 spiro atoms. The number of pyridine rings is 1. The van der Waals surface area contributed by atoms with Crippen LogP contribution in [0.4, 0.5) is 23.7 Å². The highest BCUT2D eigenvalue weighted by Crippen LogP contribution is 2.60. The second kappa shape index (κ2) is 8.29. The zero-order valence-electron chi connectivity index (χ0n) is 17.8. The molecule has 1 aromatic heterocycles. The van der Waals surface area contributed by atoms with E-state index in [9.17, 15) is 28.0 Å². The molecule has 2 amide bonds. The summed E-state index contributed by atoms with van der Waals surface area (Å²) in [6.45, 7) is 1.28. The molecule has 2 aliphatic heterocycles. The number of hydrogen-bond acceptors (Lipinski definition) is 6. The van der Waals surface area contributed by atoms with Gasteiger partial charge in [0.05, 0.1) is 30.5 Å². The fourth-order valence-electron chi connectivity index (χ4n) is 4.98. The van der Waals surface area contributed by atoms with Crippen LogP contribution < -0.4 is 15.5 Å². The van der Waals surface area contributed by atoms with Crippen molar-refractivity contribution in [3.05, 3.63) is 48.0 Å². The van der Waals surface area contributed by atoms with Gasteiger partial charge in [-0.2, -0.15) is 14.0 Å². The number of ether oxygens (including phenoxy) is 1. The first-order chi connectivity index (χ1) is 16.3. The van der Waals surface area contributed by atoms with Crippen LogP contribution in [-0.4, -0.2) is 55.7 Å². The van der Waals surface area contributed by atoms with Crippen molar-refractivity contribution in [3.8, 4) is 17.2 Å². The quantitative estimate of drug-likeness (QED) is 0.669. The standard InChI is InChI=1S/C23H20F3N5O3/c24-18-5-13(31-10-14(34-22(31)33)7-30-21(32)20(25)26)2-3-15(18)12-1-4-19(29-6-12)23(11-27)16-8-28-9-17(16)23/h1-6,14,16-17,20,28H,7-10H2,(H,30,32)/t14-,16?,17?,23?/m0/s1. The van der Waals surface area contributed by atoms with Gasteiger partial charge in [-0.25, -0.2) is 9.18 Å². The molecular weight excluding hydrogens is 451 g/mol. The number of cyclic esters (lactones) is 1. The predicted molar refractivity (Wildman–Crippen MR) is 113 cm³/mol. The second-order valence-corrected chi connectivity index (χ2v) is 8.61. The lowest BCUT2D eigenvalue weighted by atomic mass is 9.96. The number of fused-ring (bicyclic) bond motifs is 1. The molecule has 176 valence electrons. The second-order valence-electron chi connectivity index (χ2n) is 8.61. The van der Waals surface area contributed by atoms with E-state index in [1.807, 2.05) is 5.32 Å². The molecule has 2 aromatic rings. The Morgan fingerprint density at radius 3 is 2.71 bits per heavy atom. The minimum absolute atomic E-state index is 0.0230.